The van der Waals surface area contributed by atoms with Gasteiger partial charge >= 0.3 is 5.97 Å². The van der Waals surface area contributed by atoms with E-state index >= 15 is 0 Å². The van der Waals surface area contributed by atoms with Crippen LogP contribution in [0.25, 0.3) is 0 Å². The van der Waals surface area contributed by atoms with Gasteiger partial charge in [0.1, 0.15) is 11.5 Å². The van der Waals surface area contributed by atoms with Crippen molar-refractivity contribution in [2.45, 2.75) is 40.0 Å². The summed E-state index contributed by atoms with van der Waals surface area (Å²) < 4.78 is 12.3. The van der Waals surface area contributed by atoms with Crippen molar-refractivity contribution in [3.8, 4) is 11.5 Å². The Labute approximate surface area is 231 Å². The fraction of sp³-hybridized carbons (Fsp3) is 0.300. The van der Waals surface area contributed by atoms with Crippen molar-refractivity contribution in [1.29, 1.82) is 0 Å². The Balaban J connectivity index is 1.33. The monoisotopic (exact) mass is 578 g/mol. The summed E-state index contributed by atoms with van der Waals surface area (Å²) >= 11 is 3.38. The number of amides is 2. The molecule has 198 valence electrons. The lowest BCUT2D eigenvalue weighted by Gasteiger charge is -2.18. The number of nitrogens with zero attached hydrogens (tertiary/aromatic N) is 1. The Kier molecular flexibility index (Phi) is 8.52. The average Bonchev–Trinajstić information content (AvgIpc) is 3.26. The molecule has 0 saturated carbocycles. The third-order valence-corrected chi connectivity index (χ3v) is 6.93. The van der Waals surface area contributed by atoms with E-state index in [-0.39, 0.29) is 18.9 Å². The van der Waals surface area contributed by atoms with E-state index in [0.717, 1.165) is 26.9 Å². The quantitative estimate of drug-likeness (QED) is 0.308. The summed E-state index contributed by atoms with van der Waals surface area (Å²) in [7, 11) is 0. The first kappa shape index (κ1) is 27.4. The van der Waals surface area contributed by atoms with Gasteiger partial charge in [-0.1, -0.05) is 41.9 Å². The molecule has 0 aliphatic carbocycles. The number of rotatable bonds is 8. The van der Waals surface area contributed by atoms with E-state index < -0.39 is 24.4 Å². The fourth-order valence-corrected chi connectivity index (χ4v) is 4.83. The van der Waals surface area contributed by atoms with Crippen LogP contribution >= 0.6 is 15.9 Å². The molecule has 1 aliphatic rings. The van der Waals surface area contributed by atoms with Crippen molar-refractivity contribution < 1.29 is 23.9 Å². The minimum Gasteiger partial charge on any atom is -0.457 e. The van der Waals surface area contributed by atoms with Gasteiger partial charge in [-0.3, -0.25) is 14.4 Å². The summed E-state index contributed by atoms with van der Waals surface area (Å²) in [4.78, 5) is 39.1. The maximum atomic E-state index is 12.7. The molecule has 4 rings (SSSR count). The third kappa shape index (κ3) is 6.61. The average molecular weight is 579 g/mol. The number of hydrogen-bond acceptors (Lipinski definition) is 5. The number of hydrogen-bond donors (Lipinski definition) is 1. The van der Waals surface area contributed by atoms with E-state index in [1.54, 1.807) is 23.1 Å². The van der Waals surface area contributed by atoms with E-state index in [4.69, 9.17) is 9.47 Å². The van der Waals surface area contributed by atoms with Gasteiger partial charge in [0.2, 0.25) is 5.91 Å². The highest BCUT2D eigenvalue weighted by Gasteiger charge is 2.36. The fourth-order valence-electron chi connectivity index (χ4n) is 4.35. The van der Waals surface area contributed by atoms with Crippen molar-refractivity contribution in [2.75, 3.05) is 23.4 Å². The molecule has 0 spiro atoms. The zero-order valence-electron chi connectivity index (χ0n) is 21.9. The summed E-state index contributed by atoms with van der Waals surface area (Å²) in [5.41, 5.74) is 4.44. The smallest absolute Gasteiger partial charge is 0.311 e. The normalized spacial score (nSPS) is 15.1. The second-order valence-electron chi connectivity index (χ2n) is 9.81. The molecule has 0 unspecified atom stereocenters. The van der Waals surface area contributed by atoms with E-state index in [9.17, 15) is 14.4 Å². The van der Waals surface area contributed by atoms with Crippen LogP contribution in [0.2, 0.25) is 0 Å². The summed E-state index contributed by atoms with van der Waals surface area (Å²) in [5.74, 6) is -0.0143. The molecule has 1 aliphatic heterocycles. The van der Waals surface area contributed by atoms with Crippen molar-refractivity contribution in [3.05, 3.63) is 81.8 Å². The van der Waals surface area contributed by atoms with E-state index in [1.807, 2.05) is 44.2 Å². The Hall–Kier alpha value is -3.65. The molecule has 1 fully saturated rings. The van der Waals surface area contributed by atoms with E-state index in [0.29, 0.717) is 23.0 Å². The lowest BCUT2D eigenvalue weighted by atomic mass is 10.0. The van der Waals surface area contributed by atoms with Gasteiger partial charge < -0.3 is 19.7 Å². The number of ether oxygens (including phenoxy) is 2. The SMILES string of the molecule is Cc1ccc(C(C)C)c(Oc2ccc(N3C[C@@H](C(=O)OCC(=O)Nc4ccc(Br)cc4C)CC3=O)cc2)c1. The van der Waals surface area contributed by atoms with Crippen molar-refractivity contribution in [3.63, 3.8) is 0 Å². The summed E-state index contributed by atoms with van der Waals surface area (Å²) in [5, 5.41) is 2.74. The predicted molar refractivity (Wildman–Crippen MR) is 151 cm³/mol. The van der Waals surface area contributed by atoms with Crippen molar-refractivity contribution >= 4 is 45.1 Å². The van der Waals surface area contributed by atoms with Crippen LogP contribution in [-0.4, -0.2) is 30.9 Å². The van der Waals surface area contributed by atoms with Gasteiger partial charge in [-0.15, -0.1) is 0 Å². The number of carbonyl (C=O) groups is 3. The Morgan fingerprint density at radius 3 is 2.47 bits per heavy atom. The number of halogens is 1. The molecular formula is C30H31BrN2O5. The van der Waals surface area contributed by atoms with Crippen molar-refractivity contribution in [1.82, 2.24) is 0 Å². The number of benzene rings is 3. The lowest BCUT2D eigenvalue weighted by molar-refractivity contribution is -0.151. The molecule has 7 nitrogen and oxygen atoms in total. The van der Waals surface area contributed by atoms with Crippen LogP contribution in [0.3, 0.4) is 0 Å². The second kappa shape index (κ2) is 11.8. The molecule has 1 atom stereocenters. The zero-order chi connectivity index (χ0) is 27.4. The van der Waals surface area contributed by atoms with Crippen LogP contribution in [0.1, 0.15) is 42.9 Å². The minimum atomic E-state index is -0.637. The van der Waals surface area contributed by atoms with Crippen LogP contribution in [-0.2, 0) is 19.1 Å². The topological polar surface area (TPSA) is 84.9 Å². The highest BCUT2D eigenvalue weighted by Crippen LogP contribution is 2.33. The standard InChI is InChI=1S/C30H31BrN2O5/c1-18(2)25-11-5-19(3)13-27(25)38-24-9-7-23(8-10-24)33-16-21(15-29(33)35)30(36)37-17-28(34)32-26-12-6-22(31)14-20(26)4/h5-14,18,21H,15-17H2,1-4H3,(H,32,34)/t21-/m0/s1. The van der Waals surface area contributed by atoms with Crippen LogP contribution in [0.15, 0.2) is 65.1 Å². The van der Waals surface area contributed by atoms with Gasteiger partial charge in [-0.2, -0.15) is 0 Å². The number of nitrogens with one attached hydrogen (secondary N) is 1. The first-order valence-electron chi connectivity index (χ1n) is 12.5. The molecular weight excluding hydrogens is 548 g/mol. The number of esters is 1. The predicted octanol–water partition coefficient (Wildman–Crippen LogP) is 6.52. The van der Waals surface area contributed by atoms with E-state index in [1.165, 1.54) is 0 Å². The zero-order valence-corrected chi connectivity index (χ0v) is 23.5. The second-order valence-corrected chi connectivity index (χ2v) is 10.7. The maximum Gasteiger partial charge on any atom is 0.311 e. The van der Waals surface area contributed by atoms with Gasteiger partial charge in [-0.25, -0.2) is 0 Å². The summed E-state index contributed by atoms with van der Waals surface area (Å²) in [6, 6.07) is 18.9. The lowest BCUT2D eigenvalue weighted by Crippen LogP contribution is -2.28. The third-order valence-electron chi connectivity index (χ3n) is 6.43. The van der Waals surface area contributed by atoms with E-state index in [2.05, 4.69) is 47.2 Å². The summed E-state index contributed by atoms with van der Waals surface area (Å²) in [6.07, 6.45) is 0.0333. The van der Waals surface area contributed by atoms with Crippen LogP contribution in [0.5, 0.6) is 11.5 Å². The first-order valence-corrected chi connectivity index (χ1v) is 13.3. The Morgan fingerprint density at radius 1 is 1.05 bits per heavy atom. The molecule has 38 heavy (non-hydrogen) atoms. The van der Waals surface area contributed by atoms with Gasteiger partial charge in [-0.05, 0) is 85.0 Å². The molecule has 1 heterocycles. The minimum absolute atomic E-state index is 0.0333. The molecule has 1 N–H and O–H groups in total. The Morgan fingerprint density at radius 2 is 1.79 bits per heavy atom. The first-order chi connectivity index (χ1) is 18.1. The van der Waals surface area contributed by atoms with Crippen LogP contribution in [0.4, 0.5) is 11.4 Å². The highest BCUT2D eigenvalue weighted by molar-refractivity contribution is 9.10. The molecule has 0 aromatic heterocycles. The largest absolute Gasteiger partial charge is 0.457 e. The molecule has 3 aromatic rings. The van der Waals surface area contributed by atoms with Gasteiger partial charge in [0.25, 0.3) is 5.91 Å². The van der Waals surface area contributed by atoms with Gasteiger partial charge in [0.05, 0.1) is 5.92 Å². The Bertz CT molecular complexity index is 1350. The number of carbonyl (C=O) groups excluding carboxylic acids is 3. The molecule has 3 aromatic carbocycles. The molecule has 2 amide bonds. The number of aryl methyl sites for hydroxylation is 2. The number of anilines is 2. The van der Waals surface area contributed by atoms with Crippen LogP contribution in [0, 0.1) is 19.8 Å². The van der Waals surface area contributed by atoms with Crippen molar-refractivity contribution in [2.24, 2.45) is 5.92 Å². The molecule has 1 saturated heterocycles. The molecule has 8 heteroatoms. The van der Waals surface area contributed by atoms with Crippen LogP contribution < -0.4 is 15.0 Å². The molecule has 0 radical (unpaired) electrons. The van der Waals surface area contributed by atoms with Gasteiger partial charge in [0.15, 0.2) is 6.61 Å². The summed E-state index contributed by atoms with van der Waals surface area (Å²) in [6.45, 7) is 7.92. The van der Waals surface area contributed by atoms with Gasteiger partial charge in [0, 0.05) is 28.8 Å². The molecule has 0 bridgehead atoms. The highest BCUT2D eigenvalue weighted by atomic mass is 79.9. The maximum absolute atomic E-state index is 12.7.